The van der Waals surface area contributed by atoms with E-state index >= 15 is 0 Å². The minimum absolute atomic E-state index is 0.110. The zero-order valence-electron chi connectivity index (χ0n) is 21.5. The first-order valence-electron chi connectivity index (χ1n) is 12.8. The monoisotopic (exact) mass is 503 g/mol. The zero-order valence-corrected chi connectivity index (χ0v) is 22.3. The molecule has 0 spiro atoms. The van der Waals surface area contributed by atoms with E-state index < -0.39 is 21.1 Å². The number of sulfone groups is 1. The number of nitrogens with zero attached hydrogens (tertiary/aromatic N) is 2. The number of ether oxygens (including phenoxy) is 1. The fourth-order valence-electron chi connectivity index (χ4n) is 4.59. The smallest absolute Gasteiger partial charge is 0.240 e. The highest BCUT2D eigenvalue weighted by molar-refractivity contribution is 7.92. The van der Waals surface area contributed by atoms with Crippen LogP contribution in [0.4, 0.5) is 0 Å². The van der Waals surface area contributed by atoms with Crippen LogP contribution in [0.5, 0.6) is 0 Å². The summed E-state index contributed by atoms with van der Waals surface area (Å²) in [6, 6.07) is 6.41. The Morgan fingerprint density at radius 2 is 2.00 bits per heavy atom. The van der Waals surface area contributed by atoms with Crippen molar-refractivity contribution in [2.75, 3.05) is 33.4 Å². The number of allylic oxidation sites excluding steroid dienone is 3. The number of nitrogens with one attached hydrogen (secondary N) is 1. The summed E-state index contributed by atoms with van der Waals surface area (Å²) < 4.78 is 33.4. The lowest BCUT2D eigenvalue weighted by Gasteiger charge is -2.34. The molecular weight excluding hydrogens is 462 g/mol. The standard InChI is InChI=1S/C27H41N3O4S/c1-5-7-8-11-16-30-21(3)24-12-9-10-13-26(24)35(32,33)23(19-22-14-15-22)20-25(28-30)27(31)29(4)17-18-34-6-2/h5,7-13,21-23,25,28H,6,14-20H2,1-4H3. The van der Waals surface area contributed by atoms with Crippen molar-refractivity contribution in [2.24, 2.45) is 5.92 Å². The molecule has 8 heteroatoms. The third kappa shape index (κ3) is 7.26. The van der Waals surface area contributed by atoms with Crippen molar-refractivity contribution in [3.63, 3.8) is 0 Å². The normalized spacial score (nSPS) is 25.2. The Balaban J connectivity index is 2.00. The minimum atomic E-state index is -3.61. The van der Waals surface area contributed by atoms with Gasteiger partial charge in [-0.05, 0) is 51.2 Å². The molecule has 3 rings (SSSR count). The highest BCUT2D eigenvalue weighted by Gasteiger charge is 2.41. The first kappa shape index (κ1) is 27.6. The predicted octanol–water partition coefficient (Wildman–Crippen LogP) is 3.90. The topological polar surface area (TPSA) is 79.0 Å². The molecule has 7 nitrogen and oxygen atoms in total. The number of rotatable bonds is 10. The molecule has 0 bridgehead atoms. The van der Waals surface area contributed by atoms with E-state index in [-0.39, 0.29) is 18.4 Å². The fraction of sp³-hybridized carbons (Fsp3) is 0.593. The minimum Gasteiger partial charge on any atom is -0.380 e. The van der Waals surface area contributed by atoms with E-state index in [1.165, 1.54) is 0 Å². The maximum absolute atomic E-state index is 14.0. The van der Waals surface area contributed by atoms with Gasteiger partial charge >= 0.3 is 0 Å². The Labute approximate surface area is 211 Å². The van der Waals surface area contributed by atoms with Crippen LogP contribution in [0.1, 0.15) is 58.1 Å². The number of hydrogen-bond acceptors (Lipinski definition) is 6. The first-order valence-corrected chi connectivity index (χ1v) is 14.3. The highest BCUT2D eigenvalue weighted by Crippen LogP contribution is 2.40. The van der Waals surface area contributed by atoms with Gasteiger partial charge in [0.1, 0.15) is 6.04 Å². The molecule has 1 amide bonds. The summed E-state index contributed by atoms with van der Waals surface area (Å²) in [6.07, 6.45) is 10.8. The van der Waals surface area contributed by atoms with Gasteiger partial charge in [0, 0.05) is 32.8 Å². The van der Waals surface area contributed by atoms with Gasteiger partial charge in [-0.1, -0.05) is 55.3 Å². The van der Waals surface area contributed by atoms with Crippen molar-refractivity contribution >= 4 is 15.7 Å². The van der Waals surface area contributed by atoms with Crippen LogP contribution in [0.3, 0.4) is 0 Å². The van der Waals surface area contributed by atoms with Crippen LogP contribution in [0.25, 0.3) is 0 Å². The lowest BCUT2D eigenvalue weighted by Crippen LogP contribution is -2.54. The van der Waals surface area contributed by atoms with Gasteiger partial charge in [0.05, 0.1) is 16.8 Å². The van der Waals surface area contributed by atoms with Crippen molar-refractivity contribution in [1.29, 1.82) is 0 Å². The van der Waals surface area contributed by atoms with Gasteiger partial charge in [-0.25, -0.2) is 18.9 Å². The number of hydrogen-bond donors (Lipinski definition) is 1. The lowest BCUT2D eigenvalue weighted by molar-refractivity contribution is -0.134. The van der Waals surface area contributed by atoms with Crippen molar-refractivity contribution in [2.45, 2.75) is 68.7 Å². The molecule has 1 aliphatic carbocycles. The maximum atomic E-state index is 14.0. The summed E-state index contributed by atoms with van der Waals surface area (Å²) in [5.41, 5.74) is 4.22. The Morgan fingerprint density at radius 1 is 1.26 bits per heavy atom. The first-order chi connectivity index (χ1) is 16.8. The average Bonchev–Trinajstić information content (AvgIpc) is 3.67. The molecule has 1 aliphatic heterocycles. The van der Waals surface area contributed by atoms with Gasteiger partial charge in [-0.15, -0.1) is 0 Å². The summed E-state index contributed by atoms with van der Waals surface area (Å²) >= 11 is 0. The van der Waals surface area contributed by atoms with Crippen LogP contribution in [-0.2, 0) is 19.4 Å². The molecule has 3 unspecified atom stereocenters. The van der Waals surface area contributed by atoms with Gasteiger partial charge < -0.3 is 9.64 Å². The van der Waals surface area contributed by atoms with Crippen molar-refractivity contribution in [3.8, 4) is 0 Å². The number of fused-ring (bicyclic) bond motifs is 1. The Bertz CT molecular complexity index is 1000. The molecule has 1 aromatic carbocycles. The van der Waals surface area contributed by atoms with Crippen LogP contribution >= 0.6 is 0 Å². The fourth-order valence-corrected chi connectivity index (χ4v) is 6.75. The largest absolute Gasteiger partial charge is 0.380 e. The number of carbonyl (C=O) groups excluding carboxylic acids is 1. The highest BCUT2D eigenvalue weighted by atomic mass is 32.2. The summed E-state index contributed by atoms with van der Waals surface area (Å²) in [4.78, 5) is 15.6. The van der Waals surface area contributed by atoms with E-state index in [2.05, 4.69) is 5.43 Å². The number of likely N-dealkylation sites (N-methyl/N-ethyl adjacent to an activating group) is 1. The van der Waals surface area contributed by atoms with Crippen molar-refractivity contribution in [1.82, 2.24) is 15.3 Å². The van der Waals surface area contributed by atoms with Gasteiger partial charge in [-0.3, -0.25) is 4.79 Å². The molecule has 0 radical (unpaired) electrons. The van der Waals surface area contributed by atoms with Gasteiger partial charge in [-0.2, -0.15) is 0 Å². The second-order valence-electron chi connectivity index (χ2n) is 9.54. The predicted molar refractivity (Wildman–Crippen MR) is 140 cm³/mol. The molecule has 0 aromatic heterocycles. The van der Waals surface area contributed by atoms with Crippen LogP contribution < -0.4 is 5.43 Å². The lowest BCUT2D eigenvalue weighted by atomic mass is 10.1. The van der Waals surface area contributed by atoms with Gasteiger partial charge in [0.15, 0.2) is 9.84 Å². The number of hydrazine groups is 1. The third-order valence-corrected chi connectivity index (χ3v) is 9.13. The Kier molecular flexibility index (Phi) is 10.1. The van der Waals surface area contributed by atoms with E-state index in [1.54, 1.807) is 24.1 Å². The molecule has 1 saturated carbocycles. The summed E-state index contributed by atoms with van der Waals surface area (Å²) in [5.74, 6) is 0.313. The molecule has 35 heavy (non-hydrogen) atoms. The Hall–Kier alpha value is -2.00. The van der Waals surface area contributed by atoms with Crippen LogP contribution in [0.15, 0.2) is 53.5 Å². The quantitative estimate of drug-likeness (QED) is 0.385. The third-order valence-electron chi connectivity index (χ3n) is 6.89. The molecule has 0 saturated heterocycles. The zero-order chi connectivity index (χ0) is 25.4. The molecular formula is C27H41N3O4S. The van der Waals surface area contributed by atoms with E-state index in [0.717, 1.165) is 18.4 Å². The van der Waals surface area contributed by atoms with Crippen LogP contribution in [-0.4, -0.2) is 68.9 Å². The molecule has 194 valence electrons. The summed E-state index contributed by atoms with van der Waals surface area (Å²) in [7, 11) is -1.85. The van der Waals surface area contributed by atoms with Crippen molar-refractivity contribution in [3.05, 3.63) is 54.1 Å². The molecule has 3 atom stereocenters. The number of benzene rings is 1. The van der Waals surface area contributed by atoms with Crippen LogP contribution in [0, 0.1) is 5.92 Å². The van der Waals surface area contributed by atoms with E-state index in [9.17, 15) is 13.2 Å². The van der Waals surface area contributed by atoms with E-state index in [4.69, 9.17) is 4.74 Å². The molecule has 2 aliphatic rings. The molecule has 1 heterocycles. The van der Waals surface area contributed by atoms with Gasteiger partial charge in [0.25, 0.3) is 0 Å². The summed E-state index contributed by atoms with van der Waals surface area (Å²) in [5, 5.41) is 1.39. The second kappa shape index (κ2) is 12.8. The summed E-state index contributed by atoms with van der Waals surface area (Å²) in [6.45, 7) is 7.90. The average molecular weight is 504 g/mol. The molecule has 1 aromatic rings. The molecule has 1 fully saturated rings. The van der Waals surface area contributed by atoms with Gasteiger partial charge in [0.2, 0.25) is 5.91 Å². The Morgan fingerprint density at radius 3 is 2.69 bits per heavy atom. The maximum Gasteiger partial charge on any atom is 0.240 e. The van der Waals surface area contributed by atoms with E-state index in [0.29, 0.717) is 43.5 Å². The number of carbonyl (C=O) groups is 1. The second-order valence-corrected chi connectivity index (χ2v) is 11.7. The number of amides is 1. The SMILES string of the molecule is CC=CC=CCN1NC(C(=O)N(C)CCOCC)CC(CC2CC2)S(=O)(=O)c2ccccc2C1C. The van der Waals surface area contributed by atoms with Crippen molar-refractivity contribution < 1.29 is 17.9 Å². The van der Waals surface area contributed by atoms with E-state index in [1.807, 2.05) is 62.2 Å². The van der Waals surface area contributed by atoms with Crippen LogP contribution in [0.2, 0.25) is 0 Å². The molecule has 1 N–H and O–H groups in total.